The molecule has 1 N–H and O–H groups in total. The summed E-state index contributed by atoms with van der Waals surface area (Å²) in [4.78, 5) is 0. The summed E-state index contributed by atoms with van der Waals surface area (Å²) < 4.78 is 17.9. The van der Waals surface area contributed by atoms with Crippen molar-refractivity contribution >= 4 is 0 Å². The molecule has 2 aliphatic heterocycles. The van der Waals surface area contributed by atoms with Crippen LogP contribution in [0.4, 0.5) is 0 Å². The second-order valence-corrected chi connectivity index (χ2v) is 6.39. The van der Waals surface area contributed by atoms with Crippen LogP contribution in [0.5, 0.6) is 0 Å². The molecule has 0 bridgehead atoms. The van der Waals surface area contributed by atoms with E-state index in [4.69, 9.17) is 14.2 Å². The van der Waals surface area contributed by atoms with E-state index in [2.05, 4.69) is 17.4 Å². The Morgan fingerprint density at radius 1 is 1.05 bits per heavy atom. The standard InChI is InChI=1S/C17H23NO3/c1-2-4-13(5-3-1)9-19-15-11-21-16-14(10-20-17(15)16)18-8-12-6-7-12/h1-5,12,14-18H,6-11H2. The van der Waals surface area contributed by atoms with E-state index in [0.717, 1.165) is 19.1 Å². The zero-order chi connectivity index (χ0) is 14.1. The Balaban J connectivity index is 1.28. The summed E-state index contributed by atoms with van der Waals surface area (Å²) in [6, 6.07) is 10.6. The van der Waals surface area contributed by atoms with E-state index in [0.29, 0.717) is 19.3 Å². The zero-order valence-corrected chi connectivity index (χ0v) is 12.2. The SMILES string of the molecule is c1ccc(COC2COC3C(NCC4CC4)COC23)cc1. The van der Waals surface area contributed by atoms with E-state index in [1.165, 1.54) is 18.4 Å². The summed E-state index contributed by atoms with van der Waals surface area (Å²) in [6.45, 7) is 3.12. The lowest BCUT2D eigenvalue weighted by Gasteiger charge is -2.18. The summed E-state index contributed by atoms with van der Waals surface area (Å²) in [5.41, 5.74) is 1.20. The highest BCUT2D eigenvalue weighted by Crippen LogP contribution is 2.31. The minimum absolute atomic E-state index is 0.0583. The average molecular weight is 289 g/mol. The molecule has 2 saturated heterocycles. The van der Waals surface area contributed by atoms with Gasteiger partial charge in [0.1, 0.15) is 18.3 Å². The van der Waals surface area contributed by atoms with Crippen molar-refractivity contribution in [3.63, 3.8) is 0 Å². The fourth-order valence-corrected chi connectivity index (χ4v) is 3.20. The molecule has 1 aromatic rings. The molecule has 1 aromatic carbocycles. The van der Waals surface area contributed by atoms with Gasteiger partial charge in [-0.15, -0.1) is 0 Å². The van der Waals surface area contributed by atoms with Crippen molar-refractivity contribution in [3.8, 4) is 0 Å². The third-order valence-electron chi connectivity index (χ3n) is 4.68. The molecule has 2 heterocycles. The maximum atomic E-state index is 6.01. The van der Waals surface area contributed by atoms with Crippen LogP contribution in [0, 0.1) is 5.92 Å². The Kier molecular flexibility index (Phi) is 3.95. The van der Waals surface area contributed by atoms with Gasteiger partial charge < -0.3 is 19.5 Å². The molecule has 4 unspecified atom stereocenters. The average Bonchev–Trinajstić information content (AvgIpc) is 3.13. The highest BCUT2D eigenvalue weighted by atomic mass is 16.6. The third-order valence-corrected chi connectivity index (χ3v) is 4.68. The molecule has 3 aliphatic rings. The number of benzene rings is 1. The van der Waals surface area contributed by atoms with Crippen LogP contribution in [0.15, 0.2) is 30.3 Å². The van der Waals surface area contributed by atoms with Gasteiger partial charge in [0.25, 0.3) is 0 Å². The van der Waals surface area contributed by atoms with Crippen LogP contribution in [0.2, 0.25) is 0 Å². The van der Waals surface area contributed by atoms with Crippen molar-refractivity contribution in [2.24, 2.45) is 5.92 Å². The van der Waals surface area contributed by atoms with Crippen LogP contribution in [0.1, 0.15) is 18.4 Å². The van der Waals surface area contributed by atoms with Gasteiger partial charge >= 0.3 is 0 Å². The largest absolute Gasteiger partial charge is 0.371 e. The predicted octanol–water partition coefficient (Wildman–Crippen LogP) is 1.74. The van der Waals surface area contributed by atoms with Crippen LogP contribution in [-0.4, -0.2) is 44.1 Å². The molecule has 4 atom stereocenters. The second kappa shape index (κ2) is 6.05. The number of rotatable bonds is 6. The highest BCUT2D eigenvalue weighted by molar-refractivity contribution is 5.13. The number of hydrogen-bond acceptors (Lipinski definition) is 4. The van der Waals surface area contributed by atoms with Crippen molar-refractivity contribution in [1.82, 2.24) is 5.32 Å². The van der Waals surface area contributed by atoms with E-state index >= 15 is 0 Å². The van der Waals surface area contributed by atoms with E-state index < -0.39 is 0 Å². The van der Waals surface area contributed by atoms with Crippen LogP contribution in [0.25, 0.3) is 0 Å². The van der Waals surface area contributed by atoms with Gasteiger partial charge in [0.2, 0.25) is 0 Å². The van der Waals surface area contributed by atoms with Gasteiger partial charge in [-0.25, -0.2) is 0 Å². The first-order valence-electron chi connectivity index (χ1n) is 8.02. The quantitative estimate of drug-likeness (QED) is 0.866. The van der Waals surface area contributed by atoms with Gasteiger partial charge in [-0.3, -0.25) is 0 Å². The van der Waals surface area contributed by atoms with E-state index in [-0.39, 0.29) is 18.3 Å². The zero-order valence-electron chi connectivity index (χ0n) is 12.2. The van der Waals surface area contributed by atoms with Crippen molar-refractivity contribution < 1.29 is 14.2 Å². The Morgan fingerprint density at radius 2 is 1.86 bits per heavy atom. The molecule has 0 radical (unpaired) electrons. The molecule has 0 amide bonds. The molecule has 0 aromatic heterocycles. The summed E-state index contributed by atoms with van der Waals surface area (Å²) in [7, 11) is 0. The molecule has 4 heteroatoms. The molecule has 4 rings (SSSR count). The Morgan fingerprint density at radius 3 is 2.67 bits per heavy atom. The predicted molar refractivity (Wildman–Crippen MR) is 79.0 cm³/mol. The van der Waals surface area contributed by atoms with E-state index in [9.17, 15) is 0 Å². The summed E-state index contributed by atoms with van der Waals surface area (Å²) in [5, 5.41) is 3.60. The fraction of sp³-hybridized carbons (Fsp3) is 0.647. The van der Waals surface area contributed by atoms with Crippen molar-refractivity contribution in [1.29, 1.82) is 0 Å². The Labute approximate surface area is 125 Å². The molecule has 21 heavy (non-hydrogen) atoms. The Hall–Kier alpha value is -0.940. The van der Waals surface area contributed by atoms with E-state index in [1.54, 1.807) is 0 Å². The Bertz CT molecular complexity index is 462. The maximum absolute atomic E-state index is 6.01. The molecule has 0 spiro atoms. The molecular formula is C17H23NO3. The molecule has 4 nitrogen and oxygen atoms in total. The minimum atomic E-state index is 0.0583. The number of hydrogen-bond donors (Lipinski definition) is 1. The smallest absolute Gasteiger partial charge is 0.114 e. The lowest BCUT2D eigenvalue weighted by molar-refractivity contribution is -0.0393. The van der Waals surface area contributed by atoms with Gasteiger partial charge in [0.15, 0.2) is 0 Å². The van der Waals surface area contributed by atoms with Crippen molar-refractivity contribution in [2.45, 2.75) is 43.8 Å². The third kappa shape index (κ3) is 3.14. The van der Waals surface area contributed by atoms with Gasteiger partial charge in [0, 0.05) is 0 Å². The van der Waals surface area contributed by atoms with Gasteiger partial charge in [-0.1, -0.05) is 30.3 Å². The first-order chi connectivity index (χ1) is 10.4. The summed E-state index contributed by atoms with van der Waals surface area (Å²) >= 11 is 0. The molecule has 114 valence electrons. The van der Waals surface area contributed by atoms with Crippen LogP contribution in [-0.2, 0) is 20.8 Å². The molecular weight excluding hydrogens is 266 g/mol. The molecule has 3 fully saturated rings. The fourth-order valence-electron chi connectivity index (χ4n) is 3.20. The second-order valence-electron chi connectivity index (χ2n) is 6.39. The van der Waals surface area contributed by atoms with Crippen LogP contribution >= 0.6 is 0 Å². The molecule has 1 saturated carbocycles. The number of fused-ring (bicyclic) bond motifs is 1. The number of ether oxygens (including phenoxy) is 3. The van der Waals surface area contributed by atoms with Crippen molar-refractivity contribution in [2.75, 3.05) is 19.8 Å². The van der Waals surface area contributed by atoms with Crippen LogP contribution in [0.3, 0.4) is 0 Å². The lowest BCUT2D eigenvalue weighted by Crippen LogP contribution is -2.42. The van der Waals surface area contributed by atoms with Gasteiger partial charge in [-0.05, 0) is 30.9 Å². The monoisotopic (exact) mass is 289 g/mol. The lowest BCUT2D eigenvalue weighted by atomic mass is 10.1. The maximum Gasteiger partial charge on any atom is 0.114 e. The van der Waals surface area contributed by atoms with Gasteiger partial charge in [0.05, 0.1) is 25.9 Å². The summed E-state index contributed by atoms with van der Waals surface area (Å²) in [6.07, 6.45) is 3.05. The number of nitrogens with one attached hydrogen (secondary N) is 1. The first-order valence-corrected chi connectivity index (χ1v) is 8.02. The van der Waals surface area contributed by atoms with Gasteiger partial charge in [-0.2, -0.15) is 0 Å². The minimum Gasteiger partial charge on any atom is -0.371 e. The highest BCUT2D eigenvalue weighted by Gasteiger charge is 2.48. The first kappa shape index (κ1) is 13.7. The molecule has 1 aliphatic carbocycles. The summed E-state index contributed by atoms with van der Waals surface area (Å²) in [5.74, 6) is 0.885. The van der Waals surface area contributed by atoms with Crippen LogP contribution < -0.4 is 5.32 Å². The normalized spacial score (nSPS) is 35.0. The topological polar surface area (TPSA) is 39.7 Å². The van der Waals surface area contributed by atoms with E-state index in [1.807, 2.05) is 18.2 Å². The van der Waals surface area contributed by atoms with Crippen molar-refractivity contribution in [3.05, 3.63) is 35.9 Å².